The summed E-state index contributed by atoms with van der Waals surface area (Å²) in [7, 11) is 0. The SMILES string of the molecule is O=C(O)CNCC1CCCO1. The van der Waals surface area contributed by atoms with Crippen LogP contribution in [0.3, 0.4) is 0 Å². The van der Waals surface area contributed by atoms with Crippen molar-refractivity contribution in [3.8, 4) is 0 Å². The van der Waals surface area contributed by atoms with Crippen molar-refractivity contribution in [2.75, 3.05) is 19.7 Å². The third kappa shape index (κ3) is 3.34. The predicted octanol–water partition coefficient (Wildman–Crippen LogP) is -0.160. The topological polar surface area (TPSA) is 58.6 Å². The molecule has 0 saturated carbocycles. The van der Waals surface area contributed by atoms with E-state index in [0.29, 0.717) is 6.54 Å². The van der Waals surface area contributed by atoms with Crippen LogP contribution in [0, 0.1) is 0 Å². The molecule has 1 aliphatic heterocycles. The first kappa shape index (κ1) is 8.49. The van der Waals surface area contributed by atoms with Gasteiger partial charge in [-0.1, -0.05) is 0 Å². The van der Waals surface area contributed by atoms with E-state index in [0.717, 1.165) is 19.4 Å². The first-order valence-electron chi connectivity index (χ1n) is 3.83. The van der Waals surface area contributed by atoms with E-state index in [2.05, 4.69) is 5.32 Å². The van der Waals surface area contributed by atoms with Crippen molar-refractivity contribution in [3.63, 3.8) is 0 Å². The highest BCUT2D eigenvalue weighted by molar-refractivity contribution is 5.68. The lowest BCUT2D eigenvalue weighted by Crippen LogP contribution is -2.30. The van der Waals surface area contributed by atoms with Crippen LogP contribution in [0.1, 0.15) is 12.8 Å². The summed E-state index contributed by atoms with van der Waals surface area (Å²) in [6.07, 6.45) is 2.38. The number of aliphatic carboxylic acids is 1. The molecule has 4 heteroatoms. The Balaban J connectivity index is 1.98. The number of carboxylic acid groups (broad SMARTS) is 1. The quantitative estimate of drug-likeness (QED) is 0.598. The fraction of sp³-hybridized carbons (Fsp3) is 0.857. The highest BCUT2D eigenvalue weighted by Gasteiger charge is 2.14. The molecule has 0 aliphatic carbocycles. The van der Waals surface area contributed by atoms with E-state index in [-0.39, 0.29) is 12.6 Å². The first-order valence-corrected chi connectivity index (χ1v) is 3.83. The van der Waals surface area contributed by atoms with Gasteiger partial charge in [-0.2, -0.15) is 0 Å². The molecule has 1 saturated heterocycles. The van der Waals surface area contributed by atoms with Crippen LogP contribution in [0.15, 0.2) is 0 Å². The summed E-state index contributed by atoms with van der Waals surface area (Å²) in [5.74, 6) is -0.817. The second-order valence-electron chi connectivity index (χ2n) is 2.66. The molecule has 1 rings (SSSR count). The summed E-state index contributed by atoms with van der Waals surface area (Å²) in [4.78, 5) is 10.1. The molecule has 2 N–H and O–H groups in total. The van der Waals surface area contributed by atoms with Crippen LogP contribution in [0.5, 0.6) is 0 Å². The summed E-state index contributed by atoms with van der Waals surface area (Å²) < 4.78 is 5.28. The zero-order valence-corrected chi connectivity index (χ0v) is 6.38. The van der Waals surface area contributed by atoms with E-state index in [1.54, 1.807) is 0 Å². The van der Waals surface area contributed by atoms with Gasteiger partial charge in [-0.3, -0.25) is 4.79 Å². The molecule has 1 atom stereocenters. The van der Waals surface area contributed by atoms with Crippen LogP contribution < -0.4 is 5.32 Å². The Morgan fingerprint density at radius 1 is 1.73 bits per heavy atom. The van der Waals surface area contributed by atoms with E-state index in [4.69, 9.17) is 9.84 Å². The van der Waals surface area contributed by atoms with Crippen LogP contribution in [0.25, 0.3) is 0 Å². The number of hydrogen-bond acceptors (Lipinski definition) is 3. The molecule has 0 aromatic rings. The maximum Gasteiger partial charge on any atom is 0.317 e. The minimum Gasteiger partial charge on any atom is -0.480 e. The van der Waals surface area contributed by atoms with Gasteiger partial charge in [0.2, 0.25) is 0 Å². The second kappa shape index (κ2) is 4.31. The molecule has 0 bridgehead atoms. The van der Waals surface area contributed by atoms with Gasteiger partial charge in [-0.05, 0) is 12.8 Å². The molecule has 11 heavy (non-hydrogen) atoms. The minimum absolute atomic E-state index is 0.0276. The lowest BCUT2D eigenvalue weighted by Gasteiger charge is -2.08. The molecule has 1 aliphatic rings. The van der Waals surface area contributed by atoms with Gasteiger partial charge in [0.05, 0.1) is 12.6 Å². The number of carbonyl (C=O) groups is 1. The number of ether oxygens (including phenoxy) is 1. The van der Waals surface area contributed by atoms with Gasteiger partial charge >= 0.3 is 5.97 Å². The maximum absolute atomic E-state index is 10.1. The minimum atomic E-state index is -0.817. The average molecular weight is 159 g/mol. The third-order valence-corrected chi connectivity index (χ3v) is 1.67. The molecule has 1 fully saturated rings. The van der Waals surface area contributed by atoms with Gasteiger partial charge in [0.15, 0.2) is 0 Å². The Kier molecular flexibility index (Phi) is 3.32. The monoisotopic (exact) mass is 159 g/mol. The second-order valence-corrected chi connectivity index (χ2v) is 2.66. The normalized spacial score (nSPS) is 23.8. The van der Waals surface area contributed by atoms with Gasteiger partial charge in [0, 0.05) is 13.2 Å². The maximum atomic E-state index is 10.1. The number of rotatable bonds is 4. The number of carboxylic acids is 1. The smallest absolute Gasteiger partial charge is 0.317 e. The molecule has 64 valence electrons. The van der Waals surface area contributed by atoms with Crippen molar-refractivity contribution >= 4 is 5.97 Å². The fourth-order valence-electron chi connectivity index (χ4n) is 1.15. The van der Waals surface area contributed by atoms with Gasteiger partial charge in [0.1, 0.15) is 0 Å². The van der Waals surface area contributed by atoms with Crippen molar-refractivity contribution in [1.82, 2.24) is 5.32 Å². The number of hydrogen-bond donors (Lipinski definition) is 2. The van der Waals surface area contributed by atoms with Gasteiger partial charge in [0.25, 0.3) is 0 Å². The average Bonchev–Trinajstić information content (AvgIpc) is 2.39. The van der Waals surface area contributed by atoms with Crippen LogP contribution in [0.2, 0.25) is 0 Å². The molecule has 0 spiro atoms. The summed E-state index contributed by atoms with van der Waals surface area (Å²) in [6.45, 7) is 1.51. The van der Waals surface area contributed by atoms with Crippen molar-refractivity contribution in [3.05, 3.63) is 0 Å². The standard InChI is InChI=1S/C7H13NO3/c9-7(10)5-8-4-6-2-1-3-11-6/h6,8H,1-5H2,(H,9,10). The molecular weight excluding hydrogens is 146 g/mol. The van der Waals surface area contributed by atoms with Gasteiger partial charge in [-0.15, -0.1) is 0 Å². The zero-order valence-electron chi connectivity index (χ0n) is 6.38. The molecular formula is C7H13NO3. The molecule has 4 nitrogen and oxygen atoms in total. The Morgan fingerprint density at radius 2 is 2.55 bits per heavy atom. The zero-order chi connectivity index (χ0) is 8.10. The van der Waals surface area contributed by atoms with E-state index in [1.807, 2.05) is 0 Å². The third-order valence-electron chi connectivity index (χ3n) is 1.67. The molecule has 0 amide bonds. The predicted molar refractivity (Wildman–Crippen MR) is 39.5 cm³/mol. The molecule has 0 aromatic carbocycles. The largest absolute Gasteiger partial charge is 0.480 e. The van der Waals surface area contributed by atoms with Gasteiger partial charge < -0.3 is 15.2 Å². The summed E-state index contributed by atoms with van der Waals surface area (Å²) in [6, 6.07) is 0. The Labute approximate surface area is 65.5 Å². The van der Waals surface area contributed by atoms with Crippen LogP contribution in [-0.4, -0.2) is 36.9 Å². The highest BCUT2D eigenvalue weighted by Crippen LogP contribution is 2.10. The number of nitrogens with one attached hydrogen (secondary N) is 1. The molecule has 0 radical (unpaired) electrons. The van der Waals surface area contributed by atoms with Crippen molar-refractivity contribution in [2.45, 2.75) is 18.9 Å². The van der Waals surface area contributed by atoms with Crippen molar-refractivity contribution in [2.24, 2.45) is 0 Å². The van der Waals surface area contributed by atoms with Crippen molar-refractivity contribution < 1.29 is 14.6 Å². The van der Waals surface area contributed by atoms with Crippen LogP contribution in [-0.2, 0) is 9.53 Å². The molecule has 1 unspecified atom stereocenters. The lowest BCUT2D eigenvalue weighted by atomic mass is 10.2. The van der Waals surface area contributed by atoms with Crippen LogP contribution in [0.4, 0.5) is 0 Å². The molecule has 0 aromatic heterocycles. The summed E-state index contributed by atoms with van der Waals surface area (Å²) >= 11 is 0. The summed E-state index contributed by atoms with van der Waals surface area (Å²) in [5.41, 5.74) is 0. The van der Waals surface area contributed by atoms with E-state index in [9.17, 15) is 4.79 Å². The van der Waals surface area contributed by atoms with E-state index < -0.39 is 5.97 Å². The highest BCUT2D eigenvalue weighted by atomic mass is 16.5. The Hall–Kier alpha value is -0.610. The van der Waals surface area contributed by atoms with Crippen LogP contribution >= 0.6 is 0 Å². The van der Waals surface area contributed by atoms with E-state index in [1.165, 1.54) is 0 Å². The Morgan fingerprint density at radius 3 is 3.09 bits per heavy atom. The van der Waals surface area contributed by atoms with Crippen molar-refractivity contribution in [1.29, 1.82) is 0 Å². The summed E-state index contributed by atoms with van der Waals surface area (Å²) in [5, 5.41) is 11.1. The molecule has 1 heterocycles. The first-order chi connectivity index (χ1) is 5.29. The fourth-order valence-corrected chi connectivity index (χ4v) is 1.15. The van der Waals surface area contributed by atoms with Gasteiger partial charge in [-0.25, -0.2) is 0 Å². The lowest BCUT2D eigenvalue weighted by molar-refractivity contribution is -0.136. The Bertz CT molecular complexity index is 132. The van der Waals surface area contributed by atoms with E-state index >= 15 is 0 Å².